The standard InChI is InChI=1S/C27H24F3N5O4/c1-14-22(13-35-21-8-17(28)7-20(30)24(21)39-15(2)25(35)36)34-12-18(19(29)9-23(34)33-14)16-10-31-26(32-11-16)27(37)3-5-38-6-4-27/h7-12,15,37H,3-6,13H2,1-2H3/t15-/m1/s1. The van der Waals surface area contributed by atoms with Crippen molar-refractivity contribution in [2.45, 2.75) is 44.9 Å². The van der Waals surface area contributed by atoms with Crippen molar-refractivity contribution in [2.75, 3.05) is 18.1 Å². The lowest BCUT2D eigenvalue weighted by molar-refractivity contribution is -0.125. The molecule has 0 aliphatic carbocycles. The minimum absolute atomic E-state index is 0.0395. The number of aryl methyl sites for hydroxylation is 1. The maximum Gasteiger partial charge on any atom is 0.268 e. The van der Waals surface area contributed by atoms with Crippen LogP contribution in [0.1, 0.15) is 37.0 Å². The molecule has 1 atom stereocenters. The van der Waals surface area contributed by atoms with E-state index >= 15 is 4.39 Å². The Morgan fingerprint density at radius 2 is 1.82 bits per heavy atom. The monoisotopic (exact) mass is 539 g/mol. The minimum atomic E-state index is -1.20. The van der Waals surface area contributed by atoms with Gasteiger partial charge in [-0.2, -0.15) is 0 Å². The number of carbonyl (C=O) groups is 1. The molecule has 1 saturated heterocycles. The van der Waals surface area contributed by atoms with E-state index in [1.807, 2.05) is 0 Å². The summed E-state index contributed by atoms with van der Waals surface area (Å²) in [5, 5.41) is 10.9. The zero-order chi connectivity index (χ0) is 27.5. The molecule has 1 N–H and O–H groups in total. The molecule has 1 amide bonds. The molecule has 0 radical (unpaired) electrons. The Balaban J connectivity index is 1.39. The van der Waals surface area contributed by atoms with Gasteiger partial charge in [-0.05, 0) is 13.8 Å². The van der Waals surface area contributed by atoms with Crippen molar-refractivity contribution in [1.29, 1.82) is 0 Å². The molecule has 1 aromatic carbocycles. The summed E-state index contributed by atoms with van der Waals surface area (Å²) < 4.78 is 56.1. The Labute approximate surface area is 220 Å². The zero-order valence-corrected chi connectivity index (χ0v) is 21.1. The number of rotatable bonds is 4. The predicted octanol–water partition coefficient (Wildman–Crippen LogP) is 3.83. The van der Waals surface area contributed by atoms with Crippen LogP contribution in [0.25, 0.3) is 16.8 Å². The largest absolute Gasteiger partial charge is 0.476 e. The fourth-order valence-corrected chi connectivity index (χ4v) is 5.02. The first-order chi connectivity index (χ1) is 18.6. The van der Waals surface area contributed by atoms with Crippen LogP contribution in [0, 0.1) is 24.4 Å². The number of fused-ring (bicyclic) bond motifs is 2. The third kappa shape index (κ3) is 4.29. The molecule has 5 heterocycles. The molecular formula is C27H24F3N5O4. The molecule has 0 saturated carbocycles. The molecule has 0 spiro atoms. The van der Waals surface area contributed by atoms with E-state index in [4.69, 9.17) is 9.47 Å². The van der Waals surface area contributed by atoms with Gasteiger partial charge in [-0.1, -0.05) is 0 Å². The van der Waals surface area contributed by atoms with Gasteiger partial charge in [0.05, 0.1) is 23.6 Å². The molecule has 0 unspecified atom stereocenters. The zero-order valence-electron chi connectivity index (χ0n) is 21.1. The first-order valence-electron chi connectivity index (χ1n) is 12.4. The number of imidazole rings is 1. The Morgan fingerprint density at radius 1 is 1.10 bits per heavy atom. The molecule has 4 aromatic rings. The summed E-state index contributed by atoms with van der Waals surface area (Å²) in [7, 11) is 0. The first kappa shape index (κ1) is 25.3. The number of hydrogen-bond acceptors (Lipinski definition) is 7. The number of halogens is 3. The highest BCUT2D eigenvalue weighted by atomic mass is 19.1. The highest BCUT2D eigenvalue weighted by Gasteiger charge is 2.36. The van der Waals surface area contributed by atoms with Gasteiger partial charge < -0.3 is 19.0 Å². The van der Waals surface area contributed by atoms with Crippen molar-refractivity contribution < 1.29 is 32.5 Å². The number of aliphatic hydroxyl groups is 1. The lowest BCUT2D eigenvalue weighted by atomic mass is 9.93. The summed E-state index contributed by atoms with van der Waals surface area (Å²) >= 11 is 0. The van der Waals surface area contributed by atoms with E-state index in [9.17, 15) is 18.7 Å². The van der Waals surface area contributed by atoms with Gasteiger partial charge in [0, 0.05) is 74.0 Å². The maximum atomic E-state index is 15.2. The molecule has 202 valence electrons. The quantitative estimate of drug-likeness (QED) is 0.421. The van der Waals surface area contributed by atoms with Crippen molar-refractivity contribution in [3.8, 4) is 16.9 Å². The third-order valence-corrected chi connectivity index (χ3v) is 7.20. The van der Waals surface area contributed by atoms with Crippen LogP contribution >= 0.6 is 0 Å². The van der Waals surface area contributed by atoms with Crippen molar-refractivity contribution in [3.05, 3.63) is 71.5 Å². The van der Waals surface area contributed by atoms with Crippen LogP contribution in [0.2, 0.25) is 0 Å². The Hall–Kier alpha value is -4.03. The fraction of sp³-hybridized carbons (Fsp3) is 0.333. The van der Waals surface area contributed by atoms with Gasteiger partial charge in [-0.3, -0.25) is 9.69 Å². The minimum Gasteiger partial charge on any atom is -0.476 e. The van der Waals surface area contributed by atoms with Crippen LogP contribution < -0.4 is 9.64 Å². The van der Waals surface area contributed by atoms with Crippen LogP contribution in [0.3, 0.4) is 0 Å². The summed E-state index contributed by atoms with van der Waals surface area (Å²) in [5.41, 5.74) is 0.607. The predicted molar refractivity (Wildman–Crippen MR) is 133 cm³/mol. The Morgan fingerprint density at radius 3 is 2.54 bits per heavy atom. The number of amides is 1. The van der Waals surface area contributed by atoms with E-state index in [2.05, 4.69) is 15.0 Å². The highest BCUT2D eigenvalue weighted by Crippen LogP contribution is 2.38. The molecule has 6 rings (SSSR count). The highest BCUT2D eigenvalue weighted by molar-refractivity contribution is 5.99. The number of carbonyl (C=O) groups excluding carboxylic acids is 1. The SMILES string of the molecule is Cc1nc2cc(F)c(-c3cnc(C4(O)CCOCC4)nc3)cn2c1CN1C(=O)[C@@H](C)Oc2c(F)cc(F)cc21. The molecular weight excluding hydrogens is 515 g/mol. The Bertz CT molecular complexity index is 1600. The molecule has 0 bridgehead atoms. The molecule has 2 aliphatic rings. The topological polar surface area (TPSA) is 102 Å². The van der Waals surface area contributed by atoms with Crippen LogP contribution in [-0.2, 0) is 21.7 Å². The second-order valence-electron chi connectivity index (χ2n) is 9.77. The number of ether oxygens (including phenoxy) is 2. The van der Waals surface area contributed by atoms with Gasteiger partial charge in [0.25, 0.3) is 5.91 Å². The third-order valence-electron chi connectivity index (χ3n) is 7.20. The van der Waals surface area contributed by atoms with E-state index < -0.39 is 35.1 Å². The number of nitrogens with zero attached hydrogens (tertiary/aromatic N) is 5. The van der Waals surface area contributed by atoms with E-state index in [1.54, 1.807) is 11.3 Å². The molecule has 3 aromatic heterocycles. The number of pyridine rings is 1. The van der Waals surface area contributed by atoms with Gasteiger partial charge in [0.1, 0.15) is 22.9 Å². The van der Waals surface area contributed by atoms with E-state index in [1.165, 1.54) is 36.5 Å². The second kappa shape index (κ2) is 9.31. The lowest BCUT2D eigenvalue weighted by Crippen LogP contribution is -2.44. The van der Waals surface area contributed by atoms with Gasteiger partial charge in [0.2, 0.25) is 0 Å². The molecule has 1 fully saturated rings. The summed E-state index contributed by atoms with van der Waals surface area (Å²) in [6, 6.07) is 2.99. The number of aromatic nitrogens is 4. The maximum absolute atomic E-state index is 15.2. The van der Waals surface area contributed by atoms with Crippen LogP contribution in [0.15, 0.2) is 36.8 Å². The van der Waals surface area contributed by atoms with E-state index in [-0.39, 0.29) is 35.0 Å². The normalized spacial score (nSPS) is 18.8. The summed E-state index contributed by atoms with van der Waals surface area (Å²) in [6.45, 7) is 3.88. The smallest absolute Gasteiger partial charge is 0.268 e. The average molecular weight is 540 g/mol. The van der Waals surface area contributed by atoms with Crippen LogP contribution in [0.4, 0.5) is 18.9 Å². The fourth-order valence-electron chi connectivity index (χ4n) is 5.02. The number of anilines is 1. The second-order valence-corrected chi connectivity index (χ2v) is 9.77. The molecule has 39 heavy (non-hydrogen) atoms. The summed E-state index contributed by atoms with van der Waals surface area (Å²) in [5.74, 6) is -2.79. The van der Waals surface area contributed by atoms with Gasteiger partial charge in [-0.25, -0.2) is 28.1 Å². The van der Waals surface area contributed by atoms with E-state index in [0.29, 0.717) is 49.1 Å². The van der Waals surface area contributed by atoms with Crippen molar-refractivity contribution in [2.24, 2.45) is 0 Å². The van der Waals surface area contributed by atoms with Crippen molar-refractivity contribution >= 4 is 17.2 Å². The summed E-state index contributed by atoms with van der Waals surface area (Å²) in [4.78, 5) is 27.3. The molecule has 12 heteroatoms. The molecule has 2 aliphatic heterocycles. The average Bonchev–Trinajstić information content (AvgIpc) is 3.20. The first-order valence-corrected chi connectivity index (χ1v) is 12.4. The molecule has 9 nitrogen and oxygen atoms in total. The summed E-state index contributed by atoms with van der Waals surface area (Å²) in [6.07, 6.45) is 4.13. The number of benzene rings is 1. The van der Waals surface area contributed by atoms with Gasteiger partial charge >= 0.3 is 0 Å². The van der Waals surface area contributed by atoms with E-state index in [0.717, 1.165) is 6.07 Å². The lowest BCUT2D eigenvalue weighted by Gasteiger charge is -2.33. The van der Waals surface area contributed by atoms with Crippen molar-refractivity contribution in [1.82, 2.24) is 19.4 Å². The Kier molecular flexibility index (Phi) is 6.03. The van der Waals surface area contributed by atoms with Gasteiger partial charge in [-0.15, -0.1) is 0 Å². The van der Waals surface area contributed by atoms with Crippen LogP contribution in [0.5, 0.6) is 5.75 Å². The van der Waals surface area contributed by atoms with Crippen LogP contribution in [-0.4, -0.2) is 49.7 Å². The van der Waals surface area contributed by atoms with Gasteiger partial charge in [0.15, 0.2) is 23.5 Å². The number of hydrogen-bond donors (Lipinski definition) is 1. The van der Waals surface area contributed by atoms with Crippen molar-refractivity contribution in [3.63, 3.8) is 0 Å².